The Hall–Kier alpha value is -2.40. The van der Waals surface area contributed by atoms with E-state index in [1.807, 2.05) is 6.20 Å². The fourth-order valence-corrected chi connectivity index (χ4v) is 4.89. The summed E-state index contributed by atoms with van der Waals surface area (Å²) in [5.41, 5.74) is 7.46. The molecule has 0 fully saturated rings. The molecule has 5 heteroatoms. The van der Waals surface area contributed by atoms with Gasteiger partial charge in [-0.3, -0.25) is 9.67 Å². The number of hydrogen-bond acceptors (Lipinski definition) is 4. The van der Waals surface area contributed by atoms with Crippen molar-refractivity contribution in [1.29, 1.82) is 0 Å². The van der Waals surface area contributed by atoms with Crippen molar-refractivity contribution >= 4 is 28.4 Å². The molecule has 0 N–H and O–H groups in total. The molecule has 0 radical (unpaired) electrons. The molecule has 3 aromatic heterocycles. The lowest BCUT2D eigenvalue weighted by Crippen LogP contribution is -2.26. The number of anilines is 2. The number of aromatic nitrogens is 3. The van der Waals surface area contributed by atoms with E-state index in [1.165, 1.54) is 33.0 Å². The maximum atomic E-state index is 4.98. The first-order chi connectivity index (χ1) is 13.1. The van der Waals surface area contributed by atoms with Crippen LogP contribution in [0.3, 0.4) is 0 Å². The Morgan fingerprint density at radius 2 is 2.15 bits per heavy atom. The molecule has 3 aromatic rings. The molecule has 4 nitrogen and oxygen atoms in total. The van der Waals surface area contributed by atoms with Crippen LogP contribution in [0.4, 0.5) is 11.5 Å². The van der Waals surface area contributed by atoms with Gasteiger partial charge in [0.25, 0.3) is 0 Å². The minimum atomic E-state index is 0.989. The number of nitrogens with zero attached hydrogens (tertiary/aromatic N) is 4. The van der Waals surface area contributed by atoms with E-state index in [-0.39, 0.29) is 0 Å². The minimum Gasteiger partial charge on any atom is -0.323 e. The lowest BCUT2D eigenvalue weighted by molar-refractivity contribution is 0.737. The molecule has 0 atom stereocenters. The van der Waals surface area contributed by atoms with Gasteiger partial charge in [-0.1, -0.05) is 19.1 Å². The molecule has 0 aliphatic carbocycles. The average Bonchev–Trinajstić information content (AvgIpc) is 3.28. The van der Waals surface area contributed by atoms with Crippen molar-refractivity contribution in [1.82, 2.24) is 14.8 Å². The zero-order valence-corrected chi connectivity index (χ0v) is 17.3. The van der Waals surface area contributed by atoms with Gasteiger partial charge in [0.15, 0.2) is 5.82 Å². The van der Waals surface area contributed by atoms with Crippen LogP contribution >= 0.6 is 11.3 Å². The largest absolute Gasteiger partial charge is 0.323 e. The van der Waals surface area contributed by atoms with Crippen molar-refractivity contribution in [2.75, 3.05) is 11.4 Å². The van der Waals surface area contributed by atoms with Gasteiger partial charge < -0.3 is 4.90 Å². The Morgan fingerprint density at radius 3 is 2.85 bits per heavy atom. The van der Waals surface area contributed by atoms with Gasteiger partial charge in [-0.05, 0) is 56.2 Å². The highest BCUT2D eigenvalue weighted by molar-refractivity contribution is 7.11. The van der Waals surface area contributed by atoms with Crippen LogP contribution in [-0.2, 0) is 13.5 Å². The highest BCUT2D eigenvalue weighted by atomic mass is 32.1. The Bertz CT molecular complexity index is 962. The normalized spacial score (nSPS) is 14.5. The number of fused-ring (bicyclic) bond motifs is 1. The monoisotopic (exact) mass is 378 g/mol. The molecule has 1 aliphatic rings. The molecule has 0 saturated heterocycles. The van der Waals surface area contributed by atoms with Gasteiger partial charge in [0.1, 0.15) is 0 Å². The zero-order valence-electron chi connectivity index (χ0n) is 16.5. The zero-order chi connectivity index (χ0) is 19.0. The summed E-state index contributed by atoms with van der Waals surface area (Å²) < 4.78 is 2.07. The minimum absolute atomic E-state index is 0.989. The molecular formula is C22H26N4S. The molecule has 0 aromatic carbocycles. The highest BCUT2D eigenvalue weighted by Gasteiger charge is 2.29. The highest BCUT2D eigenvalue weighted by Crippen LogP contribution is 2.40. The molecule has 0 saturated carbocycles. The summed E-state index contributed by atoms with van der Waals surface area (Å²) in [6, 6.07) is 6.43. The van der Waals surface area contributed by atoms with Crippen LogP contribution in [0.5, 0.6) is 0 Å². The lowest BCUT2D eigenvalue weighted by Gasteiger charge is -2.30. The SMILES string of the molecule is CC/C=C(/c1cccs1)c1c2c(nn1C)N(c1c(C)ccnc1C)CCC2. The molecule has 4 rings (SSSR count). The molecule has 0 unspecified atom stereocenters. The molecule has 0 spiro atoms. The van der Waals surface area contributed by atoms with Crippen molar-refractivity contribution in [2.45, 2.75) is 40.0 Å². The molecule has 27 heavy (non-hydrogen) atoms. The third-order valence-electron chi connectivity index (χ3n) is 5.22. The topological polar surface area (TPSA) is 34.0 Å². The molecule has 140 valence electrons. The first kappa shape index (κ1) is 18.0. The molecule has 4 heterocycles. The van der Waals surface area contributed by atoms with Crippen LogP contribution in [0.25, 0.3) is 5.57 Å². The van der Waals surface area contributed by atoms with E-state index in [4.69, 9.17) is 5.10 Å². The van der Waals surface area contributed by atoms with Gasteiger partial charge in [-0.25, -0.2) is 0 Å². The van der Waals surface area contributed by atoms with Crippen LogP contribution in [0, 0.1) is 13.8 Å². The predicted octanol–water partition coefficient (Wildman–Crippen LogP) is 5.42. The maximum absolute atomic E-state index is 4.98. The Balaban J connectivity index is 1.88. The fourth-order valence-electron chi connectivity index (χ4n) is 4.12. The summed E-state index contributed by atoms with van der Waals surface area (Å²) in [5, 5.41) is 7.13. The Morgan fingerprint density at radius 1 is 1.30 bits per heavy atom. The standard InChI is InChI=1S/C22H26N4S/c1-5-8-17(19-10-7-14-27-19)21-18-9-6-13-26(22(18)24-25(21)4)20-15(2)11-12-23-16(20)3/h7-8,10-12,14H,5-6,9,13H2,1-4H3/b17-8-. The van der Waals surface area contributed by atoms with Gasteiger partial charge in [-0.15, -0.1) is 11.3 Å². The van der Waals surface area contributed by atoms with E-state index >= 15 is 0 Å². The molecule has 0 amide bonds. The summed E-state index contributed by atoms with van der Waals surface area (Å²) in [6.07, 6.45) is 7.44. The first-order valence-corrected chi connectivity index (χ1v) is 10.5. The van der Waals surface area contributed by atoms with Crippen LogP contribution < -0.4 is 4.90 Å². The smallest absolute Gasteiger partial charge is 0.158 e. The molecular weight excluding hydrogens is 352 g/mol. The predicted molar refractivity (Wildman–Crippen MR) is 114 cm³/mol. The van der Waals surface area contributed by atoms with E-state index in [9.17, 15) is 0 Å². The summed E-state index contributed by atoms with van der Waals surface area (Å²) in [5.74, 6) is 1.09. The van der Waals surface area contributed by atoms with Crippen LogP contribution in [0.2, 0.25) is 0 Å². The van der Waals surface area contributed by atoms with Crippen molar-refractivity contribution in [2.24, 2.45) is 7.05 Å². The van der Waals surface area contributed by atoms with Gasteiger partial charge in [-0.2, -0.15) is 5.10 Å². The molecule has 0 bridgehead atoms. The second kappa shape index (κ2) is 7.31. The second-order valence-electron chi connectivity index (χ2n) is 7.09. The number of pyridine rings is 1. The summed E-state index contributed by atoms with van der Waals surface area (Å²) in [4.78, 5) is 8.22. The van der Waals surface area contributed by atoms with E-state index < -0.39 is 0 Å². The third kappa shape index (κ3) is 3.10. The van der Waals surface area contributed by atoms with E-state index in [1.54, 1.807) is 11.3 Å². The molecule has 1 aliphatic heterocycles. The number of hydrogen-bond donors (Lipinski definition) is 0. The summed E-state index contributed by atoms with van der Waals surface area (Å²) in [7, 11) is 2.08. The Labute approximate surface area is 165 Å². The van der Waals surface area contributed by atoms with Crippen LogP contribution in [0.15, 0.2) is 35.9 Å². The number of thiophene rings is 1. The lowest BCUT2D eigenvalue weighted by atomic mass is 9.98. The van der Waals surface area contributed by atoms with Crippen molar-refractivity contribution in [3.05, 3.63) is 63.2 Å². The van der Waals surface area contributed by atoms with E-state index in [2.05, 4.69) is 72.0 Å². The van der Waals surface area contributed by atoms with Gasteiger partial charge in [0.05, 0.1) is 17.1 Å². The van der Waals surface area contributed by atoms with Crippen molar-refractivity contribution < 1.29 is 0 Å². The first-order valence-electron chi connectivity index (χ1n) is 9.61. The average molecular weight is 379 g/mol. The van der Waals surface area contributed by atoms with Gasteiger partial charge in [0.2, 0.25) is 0 Å². The number of aryl methyl sites for hydroxylation is 3. The van der Waals surface area contributed by atoms with Crippen LogP contribution in [-0.4, -0.2) is 21.3 Å². The van der Waals surface area contributed by atoms with E-state index in [0.29, 0.717) is 0 Å². The van der Waals surface area contributed by atoms with Gasteiger partial charge >= 0.3 is 0 Å². The Kier molecular flexibility index (Phi) is 4.87. The van der Waals surface area contributed by atoms with E-state index in [0.717, 1.165) is 37.3 Å². The van der Waals surface area contributed by atoms with Crippen LogP contribution in [0.1, 0.15) is 47.2 Å². The van der Waals surface area contributed by atoms with Crippen molar-refractivity contribution in [3.63, 3.8) is 0 Å². The summed E-state index contributed by atoms with van der Waals surface area (Å²) in [6.45, 7) is 7.44. The maximum Gasteiger partial charge on any atom is 0.158 e. The number of rotatable bonds is 4. The fraction of sp³-hybridized carbons (Fsp3) is 0.364. The number of allylic oxidation sites excluding steroid dienone is 1. The quantitative estimate of drug-likeness (QED) is 0.608. The third-order valence-corrected chi connectivity index (χ3v) is 6.12. The second-order valence-corrected chi connectivity index (χ2v) is 8.04. The van der Waals surface area contributed by atoms with Crippen molar-refractivity contribution in [3.8, 4) is 0 Å². The summed E-state index contributed by atoms with van der Waals surface area (Å²) >= 11 is 1.80. The van der Waals surface area contributed by atoms with Gasteiger partial charge in [0, 0.05) is 35.8 Å².